The lowest BCUT2D eigenvalue weighted by atomic mass is 9.93. The van der Waals surface area contributed by atoms with Crippen molar-refractivity contribution in [1.29, 1.82) is 0 Å². The summed E-state index contributed by atoms with van der Waals surface area (Å²) < 4.78 is 13.9. The summed E-state index contributed by atoms with van der Waals surface area (Å²) in [7, 11) is 3.29. The van der Waals surface area contributed by atoms with Crippen LogP contribution in [0.25, 0.3) is 26.3 Å². The largest absolute Gasteiger partial charge is 0.493 e. The number of ether oxygens (including phenoxy) is 2. The number of rotatable bonds is 5. The zero-order valence-electron chi connectivity index (χ0n) is 17.0. The van der Waals surface area contributed by atoms with Crippen LogP contribution in [0, 0.1) is 0 Å². The van der Waals surface area contributed by atoms with Crippen LogP contribution in [-0.2, 0) is 0 Å². The van der Waals surface area contributed by atoms with Crippen LogP contribution >= 0.6 is 11.3 Å². The van der Waals surface area contributed by atoms with E-state index < -0.39 is 0 Å². The van der Waals surface area contributed by atoms with Gasteiger partial charge >= 0.3 is 0 Å². The third-order valence-electron chi connectivity index (χ3n) is 5.69. The van der Waals surface area contributed by atoms with Crippen molar-refractivity contribution in [3.05, 3.63) is 36.5 Å². The maximum Gasteiger partial charge on any atom is 0.162 e. The van der Waals surface area contributed by atoms with Gasteiger partial charge in [0.2, 0.25) is 0 Å². The van der Waals surface area contributed by atoms with Crippen molar-refractivity contribution >= 4 is 32.9 Å². The summed E-state index contributed by atoms with van der Waals surface area (Å²) in [5.74, 6) is 2.26. The number of benzene rings is 1. The van der Waals surface area contributed by atoms with E-state index in [1.165, 1.54) is 0 Å². The Morgan fingerprint density at radius 2 is 1.83 bits per heavy atom. The molecule has 1 aliphatic carbocycles. The van der Waals surface area contributed by atoms with Gasteiger partial charge in [-0.3, -0.25) is 0 Å². The van der Waals surface area contributed by atoms with Crippen molar-refractivity contribution in [2.24, 2.45) is 0 Å². The fourth-order valence-corrected chi connectivity index (χ4v) is 5.11. The maximum atomic E-state index is 9.72. The van der Waals surface area contributed by atoms with Gasteiger partial charge in [0.1, 0.15) is 11.5 Å². The van der Waals surface area contributed by atoms with E-state index in [1.807, 2.05) is 35.0 Å². The zero-order chi connectivity index (χ0) is 20.7. The molecule has 0 unspecified atom stereocenters. The Morgan fingerprint density at radius 3 is 2.60 bits per heavy atom. The molecule has 0 bridgehead atoms. The van der Waals surface area contributed by atoms with Gasteiger partial charge in [-0.2, -0.15) is 0 Å². The molecule has 0 radical (unpaired) electrons. The predicted octanol–water partition coefficient (Wildman–Crippen LogP) is 4.34. The van der Waals surface area contributed by atoms with Gasteiger partial charge in [-0.1, -0.05) is 0 Å². The Kier molecular flexibility index (Phi) is 4.96. The Labute approximate surface area is 178 Å². The third-order valence-corrected chi connectivity index (χ3v) is 6.81. The highest BCUT2D eigenvalue weighted by Crippen LogP contribution is 2.39. The van der Waals surface area contributed by atoms with E-state index in [9.17, 15) is 5.11 Å². The smallest absolute Gasteiger partial charge is 0.162 e. The number of aromatic nitrogens is 3. The summed E-state index contributed by atoms with van der Waals surface area (Å²) in [5, 5.41) is 19.1. The van der Waals surface area contributed by atoms with Gasteiger partial charge in [0.25, 0.3) is 0 Å². The number of hydrogen-bond acceptors (Lipinski definition) is 7. The van der Waals surface area contributed by atoms with Crippen molar-refractivity contribution in [1.82, 2.24) is 14.6 Å². The van der Waals surface area contributed by atoms with Crippen molar-refractivity contribution in [3.8, 4) is 22.1 Å². The van der Waals surface area contributed by atoms with Crippen LogP contribution in [0.1, 0.15) is 25.7 Å². The quantitative estimate of drug-likeness (QED) is 0.496. The van der Waals surface area contributed by atoms with Crippen molar-refractivity contribution < 1.29 is 14.6 Å². The van der Waals surface area contributed by atoms with Crippen molar-refractivity contribution in [3.63, 3.8) is 0 Å². The first-order valence-corrected chi connectivity index (χ1v) is 10.9. The van der Waals surface area contributed by atoms with Crippen LogP contribution in [-0.4, -0.2) is 46.1 Å². The van der Waals surface area contributed by atoms with Crippen molar-refractivity contribution in [2.75, 3.05) is 19.5 Å². The molecule has 4 aromatic rings. The number of anilines is 1. The van der Waals surface area contributed by atoms with Crippen LogP contribution in [0.4, 0.5) is 5.82 Å². The number of methoxy groups -OCH3 is 2. The van der Waals surface area contributed by atoms with E-state index in [0.717, 1.165) is 69.3 Å². The molecule has 8 heteroatoms. The second kappa shape index (κ2) is 7.77. The van der Waals surface area contributed by atoms with Gasteiger partial charge in [-0.15, -0.1) is 16.4 Å². The summed E-state index contributed by atoms with van der Waals surface area (Å²) in [4.78, 5) is 5.61. The first-order chi connectivity index (χ1) is 14.6. The number of nitrogens with one attached hydrogen (secondary N) is 1. The standard InChI is InChI=1S/C22H24N4O3S/c1-28-17-9-13-10-20(30-19(13)11-18(17)29-2)16-12-23-22-8-7-21(25-26(16)22)24-14-3-5-15(27)6-4-14/h7-12,14-15,27H,3-6H2,1-2H3,(H,24,25). The minimum absolute atomic E-state index is 0.163. The van der Waals surface area contributed by atoms with Crippen molar-refractivity contribution in [2.45, 2.75) is 37.8 Å². The van der Waals surface area contributed by atoms with E-state index in [4.69, 9.17) is 14.6 Å². The molecule has 1 fully saturated rings. The van der Waals surface area contributed by atoms with Gasteiger partial charge in [-0.05, 0) is 55.3 Å². The molecular weight excluding hydrogens is 400 g/mol. The average molecular weight is 425 g/mol. The molecule has 7 nitrogen and oxygen atoms in total. The molecule has 0 aliphatic heterocycles. The van der Waals surface area contributed by atoms with E-state index in [-0.39, 0.29) is 6.10 Å². The van der Waals surface area contributed by atoms with Gasteiger partial charge in [0, 0.05) is 16.8 Å². The molecular formula is C22H24N4O3S. The molecule has 3 heterocycles. The molecule has 0 atom stereocenters. The molecule has 0 spiro atoms. The minimum Gasteiger partial charge on any atom is -0.493 e. The second-order valence-electron chi connectivity index (χ2n) is 7.64. The van der Waals surface area contributed by atoms with E-state index >= 15 is 0 Å². The highest BCUT2D eigenvalue weighted by Gasteiger charge is 2.20. The lowest BCUT2D eigenvalue weighted by molar-refractivity contribution is 0.126. The van der Waals surface area contributed by atoms with E-state index in [1.54, 1.807) is 25.6 Å². The second-order valence-corrected chi connectivity index (χ2v) is 8.72. The van der Waals surface area contributed by atoms with Crippen LogP contribution in [0.3, 0.4) is 0 Å². The van der Waals surface area contributed by atoms with Gasteiger partial charge in [0.05, 0.1) is 31.4 Å². The topological polar surface area (TPSA) is 80.9 Å². The normalized spacial score (nSPS) is 19.3. The van der Waals surface area contributed by atoms with Crippen LogP contribution in [0.5, 0.6) is 11.5 Å². The lowest BCUT2D eigenvalue weighted by Crippen LogP contribution is -2.28. The lowest BCUT2D eigenvalue weighted by Gasteiger charge is -2.26. The number of nitrogens with zero attached hydrogens (tertiary/aromatic N) is 3. The molecule has 5 rings (SSSR count). The van der Waals surface area contributed by atoms with E-state index in [2.05, 4.69) is 16.4 Å². The third kappa shape index (κ3) is 3.46. The molecule has 0 saturated heterocycles. The number of aliphatic hydroxyl groups excluding tert-OH is 1. The highest BCUT2D eigenvalue weighted by molar-refractivity contribution is 7.22. The number of aliphatic hydroxyl groups is 1. The van der Waals surface area contributed by atoms with Gasteiger partial charge in [0.15, 0.2) is 17.1 Å². The molecule has 3 aromatic heterocycles. The summed E-state index contributed by atoms with van der Waals surface area (Å²) >= 11 is 1.68. The Hall–Kier alpha value is -2.84. The average Bonchev–Trinajstić information content (AvgIpc) is 3.37. The Bertz CT molecular complexity index is 1150. The van der Waals surface area contributed by atoms with Gasteiger partial charge in [-0.25, -0.2) is 9.50 Å². The van der Waals surface area contributed by atoms with Crippen LogP contribution in [0.15, 0.2) is 36.5 Å². The molecule has 1 aliphatic rings. The molecule has 1 aromatic carbocycles. The summed E-state index contributed by atoms with van der Waals surface area (Å²) in [6, 6.07) is 10.4. The predicted molar refractivity (Wildman–Crippen MR) is 119 cm³/mol. The molecule has 2 N–H and O–H groups in total. The minimum atomic E-state index is -0.163. The Balaban J connectivity index is 1.49. The fourth-order valence-electron chi connectivity index (χ4n) is 4.04. The molecule has 156 valence electrons. The summed E-state index contributed by atoms with van der Waals surface area (Å²) in [5.41, 5.74) is 1.76. The maximum absolute atomic E-state index is 9.72. The number of hydrogen-bond donors (Lipinski definition) is 2. The zero-order valence-corrected chi connectivity index (χ0v) is 17.8. The summed E-state index contributed by atoms with van der Waals surface area (Å²) in [6.45, 7) is 0. The van der Waals surface area contributed by atoms with E-state index in [0.29, 0.717) is 6.04 Å². The highest BCUT2D eigenvalue weighted by atomic mass is 32.1. The monoisotopic (exact) mass is 424 g/mol. The first-order valence-electron chi connectivity index (χ1n) is 10.1. The number of imidazole rings is 1. The van der Waals surface area contributed by atoms with Gasteiger partial charge < -0.3 is 19.9 Å². The summed E-state index contributed by atoms with van der Waals surface area (Å²) in [6.07, 6.45) is 5.29. The SMILES string of the molecule is COc1cc2cc(-c3cnc4ccc(NC5CCC(O)CC5)nn34)sc2cc1OC. The molecule has 1 saturated carbocycles. The first kappa shape index (κ1) is 19.1. The van der Waals surface area contributed by atoms with Crippen LogP contribution in [0.2, 0.25) is 0 Å². The number of fused-ring (bicyclic) bond motifs is 2. The molecule has 30 heavy (non-hydrogen) atoms. The number of thiophene rings is 1. The van der Waals surface area contributed by atoms with Crippen LogP contribution < -0.4 is 14.8 Å². The fraction of sp³-hybridized carbons (Fsp3) is 0.364. The molecule has 0 amide bonds. The Morgan fingerprint density at radius 1 is 1.07 bits per heavy atom.